The smallest absolute Gasteiger partial charge is 0.408 e. The van der Waals surface area contributed by atoms with Gasteiger partial charge >= 0.3 is 12.1 Å². The van der Waals surface area contributed by atoms with E-state index in [9.17, 15) is 19.5 Å². The van der Waals surface area contributed by atoms with Crippen molar-refractivity contribution >= 4 is 23.7 Å². The van der Waals surface area contributed by atoms with Gasteiger partial charge in [-0.3, -0.25) is 4.79 Å². The molecule has 1 aromatic carbocycles. The summed E-state index contributed by atoms with van der Waals surface area (Å²) in [6, 6.07) is 6.18. The minimum absolute atomic E-state index is 0.280. The van der Waals surface area contributed by atoms with E-state index in [1.165, 1.54) is 19.1 Å². The summed E-state index contributed by atoms with van der Waals surface area (Å²) in [6.07, 6.45) is 0.245. The van der Waals surface area contributed by atoms with Crippen LogP contribution in [0.1, 0.15) is 33.3 Å². The highest BCUT2D eigenvalue weighted by molar-refractivity contribution is 5.99. The van der Waals surface area contributed by atoms with E-state index in [1.54, 1.807) is 32.9 Å². The van der Waals surface area contributed by atoms with Crippen LogP contribution in [0.3, 0.4) is 0 Å². The van der Waals surface area contributed by atoms with Crippen LogP contribution < -0.4 is 10.6 Å². The molecule has 0 saturated carbocycles. The third kappa shape index (κ3) is 5.12. The third-order valence-electron chi connectivity index (χ3n) is 3.07. The summed E-state index contributed by atoms with van der Waals surface area (Å²) in [7, 11) is 0. The van der Waals surface area contributed by atoms with Crippen LogP contribution >= 0.6 is 0 Å². The average Bonchev–Trinajstić information content (AvgIpc) is 2.44. The van der Waals surface area contributed by atoms with Crippen molar-refractivity contribution < 1.29 is 24.2 Å². The number of carbonyl (C=O) groups is 3. The van der Waals surface area contributed by atoms with Gasteiger partial charge in [0, 0.05) is 5.69 Å². The summed E-state index contributed by atoms with van der Waals surface area (Å²) >= 11 is 0. The molecule has 1 atom stereocenters. The maximum Gasteiger partial charge on any atom is 0.408 e. The van der Waals surface area contributed by atoms with E-state index in [2.05, 4.69) is 17.2 Å². The molecule has 3 N–H and O–H groups in total. The molecular formula is C17H22N2O5. The predicted octanol–water partition coefficient (Wildman–Crippen LogP) is 2.64. The molecule has 1 rings (SSSR count). The summed E-state index contributed by atoms with van der Waals surface area (Å²) in [6.45, 7) is 9.72. The number of anilines is 1. The van der Waals surface area contributed by atoms with Crippen molar-refractivity contribution in [3.05, 3.63) is 42.5 Å². The topological polar surface area (TPSA) is 105 Å². The van der Waals surface area contributed by atoms with Crippen molar-refractivity contribution in [1.29, 1.82) is 0 Å². The largest absolute Gasteiger partial charge is 0.479 e. The zero-order chi connectivity index (χ0) is 18.5. The Labute approximate surface area is 140 Å². The first-order valence-corrected chi connectivity index (χ1v) is 7.26. The molecule has 1 aromatic rings. The van der Waals surface area contributed by atoms with Crippen LogP contribution in [-0.4, -0.2) is 28.7 Å². The van der Waals surface area contributed by atoms with Gasteiger partial charge in [0.2, 0.25) is 5.91 Å². The molecule has 0 saturated heterocycles. The van der Waals surface area contributed by atoms with Gasteiger partial charge in [0.15, 0.2) is 5.54 Å². The fraction of sp³-hybridized carbons (Fsp3) is 0.353. The van der Waals surface area contributed by atoms with E-state index in [0.717, 1.165) is 6.08 Å². The van der Waals surface area contributed by atoms with Gasteiger partial charge in [0.25, 0.3) is 0 Å². The Kier molecular flexibility index (Phi) is 5.73. The van der Waals surface area contributed by atoms with Gasteiger partial charge in [-0.2, -0.15) is 0 Å². The number of rotatable bonds is 5. The molecule has 7 nitrogen and oxygen atoms in total. The molecule has 130 valence electrons. The highest BCUT2D eigenvalue weighted by Crippen LogP contribution is 2.25. The Hall–Kier alpha value is -2.83. The standard InChI is InChI=1S/C17H22N2O5/c1-6-13(20)18-12-9-7-8-11(10-12)17(5,14(21)22)19-15(23)24-16(2,3)4/h6-10H,1H2,2-5H3,(H,18,20)(H,19,23)(H,21,22). The van der Waals surface area contributed by atoms with Gasteiger partial charge in [-0.15, -0.1) is 0 Å². The Morgan fingerprint density at radius 3 is 2.33 bits per heavy atom. The lowest BCUT2D eigenvalue weighted by Gasteiger charge is -2.29. The molecule has 0 radical (unpaired) electrons. The van der Waals surface area contributed by atoms with Gasteiger partial charge in [0.1, 0.15) is 5.60 Å². The summed E-state index contributed by atoms with van der Waals surface area (Å²) in [4.78, 5) is 35.1. The van der Waals surface area contributed by atoms with E-state index in [4.69, 9.17) is 4.74 Å². The number of nitrogens with one attached hydrogen (secondary N) is 2. The van der Waals surface area contributed by atoms with Crippen molar-refractivity contribution in [3.63, 3.8) is 0 Å². The van der Waals surface area contributed by atoms with Gasteiger partial charge in [-0.05, 0) is 51.5 Å². The van der Waals surface area contributed by atoms with Gasteiger partial charge in [0.05, 0.1) is 0 Å². The number of carboxylic acid groups (broad SMARTS) is 1. The minimum Gasteiger partial charge on any atom is -0.479 e. The predicted molar refractivity (Wildman–Crippen MR) is 89.6 cm³/mol. The lowest BCUT2D eigenvalue weighted by molar-refractivity contribution is -0.144. The Morgan fingerprint density at radius 1 is 1.21 bits per heavy atom. The van der Waals surface area contributed by atoms with Crippen molar-refractivity contribution in [2.45, 2.75) is 38.8 Å². The van der Waals surface area contributed by atoms with E-state index < -0.39 is 29.1 Å². The van der Waals surface area contributed by atoms with Crippen LogP contribution in [0.15, 0.2) is 36.9 Å². The van der Waals surface area contributed by atoms with E-state index in [1.807, 2.05) is 0 Å². The lowest BCUT2D eigenvalue weighted by atomic mass is 9.92. The number of ether oxygens (including phenoxy) is 1. The third-order valence-corrected chi connectivity index (χ3v) is 3.07. The quantitative estimate of drug-likeness (QED) is 0.718. The van der Waals surface area contributed by atoms with E-state index in [-0.39, 0.29) is 5.56 Å². The number of carboxylic acids is 1. The lowest BCUT2D eigenvalue weighted by Crippen LogP contribution is -2.51. The zero-order valence-corrected chi connectivity index (χ0v) is 14.2. The SMILES string of the molecule is C=CC(=O)Nc1cccc(C(C)(NC(=O)OC(C)(C)C)C(=O)O)c1. The molecule has 0 aliphatic rings. The Morgan fingerprint density at radius 2 is 1.83 bits per heavy atom. The van der Waals surface area contributed by atoms with E-state index in [0.29, 0.717) is 5.69 Å². The molecule has 0 aromatic heterocycles. The second kappa shape index (κ2) is 7.16. The van der Waals surface area contributed by atoms with Gasteiger partial charge in [-0.25, -0.2) is 9.59 Å². The molecule has 2 amide bonds. The Bertz CT molecular complexity index is 663. The first-order chi connectivity index (χ1) is 11.0. The number of carbonyl (C=O) groups excluding carboxylic acids is 2. The van der Waals surface area contributed by atoms with Crippen molar-refractivity contribution in [3.8, 4) is 0 Å². The van der Waals surface area contributed by atoms with Gasteiger partial charge in [-0.1, -0.05) is 18.7 Å². The minimum atomic E-state index is -1.72. The fourth-order valence-corrected chi connectivity index (χ4v) is 1.86. The maximum atomic E-state index is 12.0. The number of hydrogen-bond acceptors (Lipinski definition) is 4. The van der Waals surface area contributed by atoms with Crippen molar-refractivity contribution in [1.82, 2.24) is 5.32 Å². The molecule has 0 heterocycles. The maximum absolute atomic E-state index is 12.0. The van der Waals surface area contributed by atoms with E-state index >= 15 is 0 Å². The molecule has 0 aliphatic heterocycles. The molecular weight excluding hydrogens is 312 g/mol. The number of alkyl carbamates (subject to hydrolysis) is 1. The number of hydrogen-bond donors (Lipinski definition) is 3. The monoisotopic (exact) mass is 334 g/mol. The highest BCUT2D eigenvalue weighted by Gasteiger charge is 2.38. The van der Waals surface area contributed by atoms with Crippen LogP contribution in [0.25, 0.3) is 0 Å². The van der Waals surface area contributed by atoms with Crippen LogP contribution in [0.5, 0.6) is 0 Å². The number of benzene rings is 1. The first kappa shape index (κ1) is 19.2. The second-order valence-corrected chi connectivity index (χ2v) is 6.33. The number of amides is 2. The summed E-state index contributed by atoms with van der Waals surface area (Å²) < 4.78 is 5.12. The summed E-state index contributed by atoms with van der Waals surface area (Å²) in [5.74, 6) is -1.69. The summed E-state index contributed by atoms with van der Waals surface area (Å²) in [5.41, 5.74) is -1.82. The molecule has 24 heavy (non-hydrogen) atoms. The van der Waals surface area contributed by atoms with Crippen molar-refractivity contribution in [2.75, 3.05) is 5.32 Å². The zero-order valence-electron chi connectivity index (χ0n) is 14.2. The molecule has 0 fully saturated rings. The average molecular weight is 334 g/mol. The van der Waals surface area contributed by atoms with Crippen LogP contribution in [0.2, 0.25) is 0 Å². The van der Waals surface area contributed by atoms with Gasteiger partial charge < -0.3 is 20.5 Å². The van der Waals surface area contributed by atoms with Crippen LogP contribution in [0, 0.1) is 0 Å². The summed E-state index contributed by atoms with van der Waals surface area (Å²) in [5, 5.41) is 14.5. The Balaban J connectivity index is 3.13. The molecule has 0 aliphatic carbocycles. The van der Waals surface area contributed by atoms with Crippen LogP contribution in [-0.2, 0) is 19.9 Å². The first-order valence-electron chi connectivity index (χ1n) is 7.26. The molecule has 1 unspecified atom stereocenters. The molecule has 0 spiro atoms. The molecule has 0 bridgehead atoms. The highest BCUT2D eigenvalue weighted by atomic mass is 16.6. The van der Waals surface area contributed by atoms with Crippen LogP contribution in [0.4, 0.5) is 10.5 Å². The fourth-order valence-electron chi connectivity index (χ4n) is 1.86. The number of aliphatic carboxylic acids is 1. The van der Waals surface area contributed by atoms with Crippen molar-refractivity contribution in [2.24, 2.45) is 0 Å². The normalized spacial score (nSPS) is 13.3. The second-order valence-electron chi connectivity index (χ2n) is 6.33. The molecule has 7 heteroatoms.